The highest BCUT2D eigenvalue weighted by Crippen LogP contribution is 2.42. The van der Waals surface area contributed by atoms with Crippen molar-refractivity contribution in [3.8, 4) is 23.0 Å². The molecule has 4 aromatic rings. The normalized spacial score (nSPS) is 24.5. The highest BCUT2D eigenvalue weighted by Gasteiger charge is 2.49. The SMILES string of the molecule is CCc1c(F)ccc2cc(O)cc(-c3ncc4c(N5CCC(N6C(=O)CCC6=O)C5)nc(OC[C@@]56CCCN5C[C@H](F)C6)nc4c3F)c12. The average molecular weight is 661 g/mol. The average Bonchev–Trinajstić information content (AvgIpc) is 3.83. The van der Waals surface area contributed by atoms with Gasteiger partial charge in [-0.15, -0.1) is 0 Å². The summed E-state index contributed by atoms with van der Waals surface area (Å²) in [7, 11) is 0. The number of hydrogen-bond acceptors (Lipinski definition) is 9. The Morgan fingerprint density at radius 2 is 1.90 bits per heavy atom. The van der Waals surface area contributed by atoms with Crippen molar-refractivity contribution in [1.82, 2.24) is 24.8 Å². The first-order valence-electron chi connectivity index (χ1n) is 16.6. The summed E-state index contributed by atoms with van der Waals surface area (Å²) in [6.45, 7) is 3.79. The second-order valence-corrected chi connectivity index (χ2v) is 13.4. The summed E-state index contributed by atoms with van der Waals surface area (Å²) < 4.78 is 52.6. The van der Waals surface area contributed by atoms with Crippen LogP contribution in [-0.4, -0.2) is 92.2 Å². The first-order valence-corrected chi connectivity index (χ1v) is 16.6. The Balaban J connectivity index is 1.24. The minimum absolute atomic E-state index is 0.0849. The number of rotatable bonds is 7. The van der Waals surface area contributed by atoms with Crippen molar-refractivity contribution in [2.24, 2.45) is 0 Å². The zero-order valence-electron chi connectivity index (χ0n) is 26.5. The molecule has 250 valence electrons. The van der Waals surface area contributed by atoms with Crippen LogP contribution in [0.25, 0.3) is 32.9 Å². The summed E-state index contributed by atoms with van der Waals surface area (Å²) in [4.78, 5) is 44.1. The number of benzene rings is 2. The van der Waals surface area contributed by atoms with E-state index in [0.29, 0.717) is 66.4 Å². The third kappa shape index (κ3) is 4.92. The largest absolute Gasteiger partial charge is 0.508 e. The number of phenols is 1. The first-order chi connectivity index (χ1) is 23.2. The lowest BCUT2D eigenvalue weighted by molar-refractivity contribution is -0.140. The molecule has 0 radical (unpaired) electrons. The summed E-state index contributed by atoms with van der Waals surface area (Å²) in [6.07, 6.45) is 3.74. The summed E-state index contributed by atoms with van der Waals surface area (Å²) >= 11 is 0. The van der Waals surface area contributed by atoms with E-state index in [4.69, 9.17) is 9.72 Å². The molecule has 2 amide bonds. The number of anilines is 1. The molecule has 8 rings (SSSR count). The summed E-state index contributed by atoms with van der Waals surface area (Å²) in [5.74, 6) is -1.44. The smallest absolute Gasteiger partial charge is 0.319 e. The lowest BCUT2D eigenvalue weighted by Gasteiger charge is -2.31. The Bertz CT molecular complexity index is 1980. The van der Waals surface area contributed by atoms with Crippen molar-refractivity contribution in [2.75, 3.05) is 37.7 Å². The van der Waals surface area contributed by atoms with Crippen molar-refractivity contribution >= 4 is 39.3 Å². The zero-order valence-corrected chi connectivity index (χ0v) is 26.5. The van der Waals surface area contributed by atoms with Crippen LogP contribution in [0.5, 0.6) is 11.8 Å². The fourth-order valence-corrected chi connectivity index (χ4v) is 8.34. The number of ether oxygens (including phenoxy) is 1. The van der Waals surface area contributed by atoms with E-state index in [0.717, 1.165) is 19.4 Å². The van der Waals surface area contributed by atoms with Gasteiger partial charge in [0.1, 0.15) is 41.4 Å². The molecule has 13 heteroatoms. The number of carbonyl (C=O) groups excluding carboxylic acids is 2. The van der Waals surface area contributed by atoms with Gasteiger partial charge in [0.25, 0.3) is 0 Å². The number of phenolic OH excluding ortho intramolecular Hbond substituents is 1. The van der Waals surface area contributed by atoms with E-state index in [9.17, 15) is 23.5 Å². The van der Waals surface area contributed by atoms with Crippen molar-refractivity contribution < 1.29 is 32.6 Å². The molecule has 4 saturated heterocycles. The van der Waals surface area contributed by atoms with Crippen LogP contribution in [0, 0.1) is 11.6 Å². The van der Waals surface area contributed by atoms with Crippen LogP contribution in [0.1, 0.15) is 51.0 Å². The number of aromatic nitrogens is 3. The Morgan fingerprint density at radius 1 is 1.08 bits per heavy atom. The topological polar surface area (TPSA) is 112 Å². The van der Waals surface area contributed by atoms with Crippen LogP contribution in [-0.2, 0) is 16.0 Å². The number of pyridine rings is 1. The van der Waals surface area contributed by atoms with Gasteiger partial charge < -0.3 is 14.7 Å². The predicted molar refractivity (Wildman–Crippen MR) is 171 cm³/mol. The number of hydrogen-bond donors (Lipinski definition) is 1. The standard InChI is InChI=1S/C35H35F3N6O4/c1-2-23-26(37)5-4-19-12-22(45)13-24(29(19)23)31-30(38)32-25(15-39-31)33(42-11-8-21(17-42)44-27(46)6-7-28(44)47)41-34(40-32)48-18-35-9-3-10-43(35)16-20(36)14-35/h4-5,12-13,15,20-21,45H,2-3,6-11,14,16-18H2,1H3/t20-,21?,35+/m1/s1. The zero-order chi connectivity index (χ0) is 33.3. The highest BCUT2D eigenvalue weighted by molar-refractivity contribution is 6.03. The summed E-state index contributed by atoms with van der Waals surface area (Å²) in [6, 6.07) is 5.28. The number of carbonyl (C=O) groups is 2. The van der Waals surface area contributed by atoms with Gasteiger partial charge in [-0.1, -0.05) is 13.0 Å². The number of amides is 2. The summed E-state index contributed by atoms with van der Waals surface area (Å²) in [5.41, 5.74) is -0.109. The van der Waals surface area contributed by atoms with Crippen LogP contribution in [0.2, 0.25) is 0 Å². The second-order valence-electron chi connectivity index (χ2n) is 13.4. The molecule has 4 aliphatic rings. The Morgan fingerprint density at radius 3 is 2.69 bits per heavy atom. The van der Waals surface area contributed by atoms with Crippen molar-refractivity contribution in [3.05, 3.63) is 47.7 Å². The monoisotopic (exact) mass is 660 g/mol. The van der Waals surface area contributed by atoms with Crippen LogP contribution >= 0.6 is 0 Å². The molecule has 4 fully saturated rings. The van der Waals surface area contributed by atoms with E-state index >= 15 is 4.39 Å². The predicted octanol–water partition coefficient (Wildman–Crippen LogP) is 5.07. The third-order valence-corrected chi connectivity index (χ3v) is 10.6. The molecule has 3 atom stereocenters. The highest BCUT2D eigenvalue weighted by atomic mass is 19.1. The van der Waals surface area contributed by atoms with Gasteiger partial charge in [0, 0.05) is 50.7 Å². The number of likely N-dealkylation sites (tertiary alicyclic amines) is 1. The van der Waals surface area contributed by atoms with Gasteiger partial charge in [0.05, 0.1) is 17.0 Å². The Hall–Kier alpha value is -4.52. The molecular weight excluding hydrogens is 625 g/mol. The molecule has 1 N–H and O–H groups in total. The molecular formula is C35H35F3N6O4. The number of aryl methyl sites for hydroxylation is 1. The number of halogens is 3. The van der Waals surface area contributed by atoms with E-state index in [-0.39, 0.29) is 65.8 Å². The van der Waals surface area contributed by atoms with E-state index in [2.05, 4.69) is 14.9 Å². The molecule has 10 nitrogen and oxygen atoms in total. The molecule has 0 bridgehead atoms. The van der Waals surface area contributed by atoms with Gasteiger partial charge >= 0.3 is 6.01 Å². The van der Waals surface area contributed by atoms with Gasteiger partial charge in [-0.25, -0.2) is 13.2 Å². The number of fused-ring (bicyclic) bond motifs is 3. The lowest BCUT2D eigenvalue weighted by Crippen LogP contribution is -2.43. The van der Waals surface area contributed by atoms with E-state index in [1.165, 1.54) is 35.4 Å². The maximum Gasteiger partial charge on any atom is 0.319 e. The first kappa shape index (κ1) is 30.8. The fraction of sp³-hybridized carbons (Fsp3) is 0.457. The molecule has 1 unspecified atom stereocenters. The van der Waals surface area contributed by atoms with Gasteiger partial charge in [-0.2, -0.15) is 9.97 Å². The van der Waals surface area contributed by atoms with E-state index in [1.807, 2.05) is 4.90 Å². The number of nitrogens with zero attached hydrogens (tertiary/aromatic N) is 6. The number of imide groups is 1. The van der Waals surface area contributed by atoms with Gasteiger partial charge in [0.15, 0.2) is 5.82 Å². The van der Waals surface area contributed by atoms with Crippen LogP contribution in [0.15, 0.2) is 30.5 Å². The molecule has 2 aromatic heterocycles. The Labute approximate surface area is 274 Å². The van der Waals surface area contributed by atoms with Crippen LogP contribution in [0.4, 0.5) is 19.0 Å². The van der Waals surface area contributed by atoms with Crippen LogP contribution in [0.3, 0.4) is 0 Å². The van der Waals surface area contributed by atoms with Crippen molar-refractivity contribution in [1.29, 1.82) is 0 Å². The molecule has 0 spiro atoms. The van der Waals surface area contributed by atoms with E-state index in [1.54, 1.807) is 6.92 Å². The number of alkyl halides is 1. The Kier molecular flexibility index (Phi) is 7.42. The van der Waals surface area contributed by atoms with E-state index < -0.39 is 23.3 Å². The van der Waals surface area contributed by atoms with Gasteiger partial charge in [0.2, 0.25) is 11.8 Å². The second kappa shape index (κ2) is 11.6. The fourth-order valence-electron chi connectivity index (χ4n) is 8.34. The molecule has 0 saturated carbocycles. The third-order valence-electron chi connectivity index (χ3n) is 10.6. The minimum Gasteiger partial charge on any atom is -0.508 e. The molecule has 2 aromatic carbocycles. The molecule has 4 aliphatic heterocycles. The quantitative estimate of drug-likeness (QED) is 0.272. The van der Waals surface area contributed by atoms with Crippen molar-refractivity contribution in [3.63, 3.8) is 0 Å². The number of aromatic hydroxyl groups is 1. The van der Waals surface area contributed by atoms with Gasteiger partial charge in [-0.05, 0) is 66.8 Å². The van der Waals surface area contributed by atoms with Crippen LogP contribution < -0.4 is 9.64 Å². The molecule has 6 heterocycles. The maximum atomic E-state index is 16.9. The lowest BCUT2D eigenvalue weighted by atomic mass is 9.94. The summed E-state index contributed by atoms with van der Waals surface area (Å²) in [5, 5.41) is 11.9. The molecule has 0 aliphatic carbocycles. The minimum atomic E-state index is -0.958. The maximum absolute atomic E-state index is 16.9. The van der Waals surface area contributed by atoms with Crippen molar-refractivity contribution in [2.45, 2.75) is 69.6 Å². The van der Waals surface area contributed by atoms with Gasteiger partial charge in [-0.3, -0.25) is 24.4 Å². The molecule has 48 heavy (non-hydrogen) atoms.